The summed E-state index contributed by atoms with van der Waals surface area (Å²) in [6.07, 6.45) is 0. The Hall–Kier alpha value is -3.91. The van der Waals surface area contributed by atoms with Gasteiger partial charge in [0.05, 0.1) is 26.1 Å². The van der Waals surface area contributed by atoms with Gasteiger partial charge in [-0.15, -0.1) is 0 Å². The van der Waals surface area contributed by atoms with Crippen LogP contribution in [-0.4, -0.2) is 20.6 Å². The number of aromatic nitrogens is 2. The lowest BCUT2D eigenvalue weighted by Crippen LogP contribution is -2.15. The van der Waals surface area contributed by atoms with Crippen LogP contribution in [0.4, 0.5) is 5.69 Å². The minimum Gasteiger partial charge on any atom is -0.457 e. The van der Waals surface area contributed by atoms with Crippen LogP contribution in [0.15, 0.2) is 88.7 Å². The minimum atomic E-state index is -0.416. The van der Waals surface area contributed by atoms with Crippen molar-refractivity contribution in [3.05, 3.63) is 106 Å². The number of carbonyl (C=O) groups excluding carboxylic acids is 1. The zero-order valence-electron chi connectivity index (χ0n) is 17.4. The number of aryl methyl sites for hydroxylation is 1. The number of rotatable bonds is 6. The maximum absolute atomic E-state index is 13.2. The summed E-state index contributed by atoms with van der Waals surface area (Å²) in [4.78, 5) is 25.3. The van der Waals surface area contributed by atoms with E-state index in [1.165, 1.54) is 22.5 Å². The lowest BCUT2D eigenvalue weighted by Gasteiger charge is -2.08. The summed E-state index contributed by atoms with van der Waals surface area (Å²) in [5, 5.41) is 15.8. The Morgan fingerprint density at radius 1 is 0.969 bits per heavy atom. The summed E-state index contributed by atoms with van der Waals surface area (Å²) in [6, 6.07) is 22.7. The molecule has 0 amide bonds. The molecule has 0 saturated carbocycles. The molecule has 32 heavy (non-hydrogen) atoms. The second kappa shape index (κ2) is 9.07. The highest BCUT2D eigenvalue weighted by atomic mass is 32.2. The third-order valence-corrected chi connectivity index (χ3v) is 6.11. The van der Waals surface area contributed by atoms with Crippen molar-refractivity contribution in [3.8, 4) is 11.5 Å². The van der Waals surface area contributed by atoms with E-state index in [2.05, 4.69) is 5.10 Å². The highest BCUT2D eigenvalue weighted by Gasteiger charge is 2.22. The Balaban J connectivity index is 1.62. The molecule has 0 aliphatic carbocycles. The van der Waals surface area contributed by atoms with Gasteiger partial charge >= 0.3 is 0 Å². The molecule has 0 unspecified atom stereocenters. The van der Waals surface area contributed by atoms with Crippen LogP contribution >= 0.6 is 11.8 Å². The van der Waals surface area contributed by atoms with Crippen LogP contribution in [0.25, 0.3) is 0 Å². The average molecular weight is 446 g/mol. The van der Waals surface area contributed by atoms with Crippen molar-refractivity contribution in [1.29, 1.82) is 0 Å². The average Bonchev–Trinajstić information content (AvgIpc) is 3.08. The van der Waals surface area contributed by atoms with Gasteiger partial charge in [-0.3, -0.25) is 14.9 Å². The van der Waals surface area contributed by atoms with Gasteiger partial charge in [0.25, 0.3) is 11.6 Å². The smallest absolute Gasteiger partial charge is 0.283 e. The molecule has 4 rings (SSSR count). The normalized spacial score (nSPS) is 10.7. The number of benzene rings is 3. The third kappa shape index (κ3) is 4.40. The molecule has 4 aromatic rings. The van der Waals surface area contributed by atoms with Crippen LogP contribution in [0.5, 0.6) is 11.5 Å². The Morgan fingerprint density at radius 2 is 1.66 bits per heavy atom. The molecule has 3 aromatic carbocycles. The Labute approximate surface area is 188 Å². The van der Waals surface area contributed by atoms with E-state index in [4.69, 9.17) is 4.74 Å². The maximum Gasteiger partial charge on any atom is 0.283 e. The topological polar surface area (TPSA) is 87.3 Å². The van der Waals surface area contributed by atoms with E-state index < -0.39 is 4.92 Å². The number of nitrogens with zero attached hydrogens (tertiary/aromatic N) is 3. The lowest BCUT2D eigenvalue weighted by atomic mass is 10.2. The molecular formula is C24H19N3O4S. The number of nitro benzene ring substituents is 1. The molecule has 0 bridgehead atoms. The van der Waals surface area contributed by atoms with E-state index in [-0.39, 0.29) is 11.6 Å². The quantitative estimate of drug-likeness (QED) is 0.266. The van der Waals surface area contributed by atoms with Crippen molar-refractivity contribution in [2.45, 2.75) is 23.6 Å². The van der Waals surface area contributed by atoms with E-state index in [1.54, 1.807) is 56.3 Å². The minimum absolute atomic E-state index is 0.0149. The van der Waals surface area contributed by atoms with Gasteiger partial charge in [-0.1, -0.05) is 48.2 Å². The first-order valence-electron chi connectivity index (χ1n) is 9.79. The van der Waals surface area contributed by atoms with Crippen LogP contribution in [-0.2, 0) is 0 Å². The second-order valence-corrected chi connectivity index (χ2v) is 8.04. The number of carbonyl (C=O) groups is 1. The number of hydrogen-bond acceptors (Lipinski definition) is 6. The first-order chi connectivity index (χ1) is 15.4. The molecule has 0 atom stereocenters. The second-order valence-electron chi connectivity index (χ2n) is 6.99. The Bertz CT molecular complexity index is 1300. The van der Waals surface area contributed by atoms with Crippen LogP contribution in [0, 0.1) is 24.0 Å². The molecule has 160 valence electrons. The molecule has 0 fully saturated rings. The van der Waals surface area contributed by atoms with Gasteiger partial charge in [-0.25, -0.2) is 0 Å². The lowest BCUT2D eigenvalue weighted by molar-refractivity contribution is -0.387. The number of ether oxygens (including phenoxy) is 1. The van der Waals surface area contributed by atoms with Crippen molar-refractivity contribution in [2.75, 3.05) is 0 Å². The standard InChI is InChI=1S/C24H19N3O4S/c1-16-23(32-22-14-7-6-13-21(22)27(29)30)17(2)26(25-16)24(28)18-9-8-12-20(15-18)31-19-10-4-3-5-11-19/h3-15H,1-2H3. The van der Waals surface area contributed by atoms with Gasteiger partial charge in [0.2, 0.25) is 0 Å². The summed E-state index contributed by atoms with van der Waals surface area (Å²) in [5.41, 5.74) is 1.67. The van der Waals surface area contributed by atoms with Gasteiger partial charge in [0.1, 0.15) is 11.5 Å². The number of para-hydroxylation sites is 2. The van der Waals surface area contributed by atoms with E-state index in [1.807, 2.05) is 30.3 Å². The first-order valence-corrected chi connectivity index (χ1v) is 10.6. The predicted octanol–water partition coefficient (Wildman–Crippen LogP) is 6.04. The summed E-state index contributed by atoms with van der Waals surface area (Å²) < 4.78 is 7.16. The Morgan fingerprint density at radius 3 is 2.41 bits per heavy atom. The fraction of sp³-hybridized carbons (Fsp3) is 0.0833. The molecule has 0 radical (unpaired) electrons. The third-order valence-electron chi connectivity index (χ3n) is 4.75. The van der Waals surface area contributed by atoms with E-state index in [9.17, 15) is 14.9 Å². The highest BCUT2D eigenvalue weighted by Crippen LogP contribution is 2.38. The van der Waals surface area contributed by atoms with Crippen molar-refractivity contribution in [2.24, 2.45) is 0 Å². The first kappa shape index (κ1) is 21.3. The zero-order valence-corrected chi connectivity index (χ0v) is 18.2. The zero-order chi connectivity index (χ0) is 22.7. The van der Waals surface area contributed by atoms with E-state index in [0.717, 1.165) is 0 Å². The SMILES string of the molecule is Cc1nn(C(=O)c2cccc(Oc3ccccc3)c2)c(C)c1Sc1ccccc1[N+](=O)[O-]. The molecule has 8 heteroatoms. The molecule has 0 N–H and O–H groups in total. The van der Waals surface area contributed by atoms with Gasteiger partial charge in [-0.05, 0) is 50.2 Å². The van der Waals surface area contributed by atoms with Crippen LogP contribution < -0.4 is 4.74 Å². The molecule has 7 nitrogen and oxygen atoms in total. The highest BCUT2D eigenvalue weighted by molar-refractivity contribution is 7.99. The fourth-order valence-electron chi connectivity index (χ4n) is 3.22. The van der Waals surface area contributed by atoms with Crippen LogP contribution in [0.2, 0.25) is 0 Å². The summed E-state index contributed by atoms with van der Waals surface area (Å²) >= 11 is 1.23. The van der Waals surface area contributed by atoms with Gasteiger partial charge in [-0.2, -0.15) is 9.78 Å². The number of nitro groups is 1. The molecule has 0 saturated heterocycles. The summed E-state index contributed by atoms with van der Waals surface area (Å²) in [7, 11) is 0. The van der Waals surface area contributed by atoms with Crippen molar-refractivity contribution >= 4 is 23.4 Å². The van der Waals surface area contributed by atoms with Crippen molar-refractivity contribution in [1.82, 2.24) is 9.78 Å². The summed E-state index contributed by atoms with van der Waals surface area (Å²) in [6.45, 7) is 3.56. The van der Waals surface area contributed by atoms with E-state index in [0.29, 0.717) is 38.2 Å². The van der Waals surface area contributed by atoms with Crippen LogP contribution in [0.1, 0.15) is 21.7 Å². The largest absolute Gasteiger partial charge is 0.457 e. The van der Waals surface area contributed by atoms with Crippen molar-refractivity contribution in [3.63, 3.8) is 0 Å². The maximum atomic E-state index is 13.2. The number of hydrogen-bond donors (Lipinski definition) is 0. The molecule has 0 aliphatic rings. The fourth-order valence-corrected chi connectivity index (χ4v) is 4.25. The molecular weight excluding hydrogens is 426 g/mol. The summed E-state index contributed by atoms with van der Waals surface area (Å²) in [5.74, 6) is 0.906. The van der Waals surface area contributed by atoms with Crippen LogP contribution in [0.3, 0.4) is 0 Å². The van der Waals surface area contributed by atoms with Crippen molar-refractivity contribution < 1.29 is 14.5 Å². The monoisotopic (exact) mass is 445 g/mol. The molecule has 1 heterocycles. The van der Waals surface area contributed by atoms with E-state index >= 15 is 0 Å². The molecule has 1 aromatic heterocycles. The molecule has 0 spiro atoms. The Kier molecular flexibility index (Phi) is 6.04. The molecule has 0 aliphatic heterocycles. The predicted molar refractivity (Wildman–Crippen MR) is 122 cm³/mol. The van der Waals surface area contributed by atoms with Gasteiger partial charge in [0.15, 0.2) is 0 Å². The van der Waals surface area contributed by atoms with Gasteiger partial charge < -0.3 is 4.74 Å². The van der Waals surface area contributed by atoms with Gasteiger partial charge in [0, 0.05) is 11.6 Å².